The molecule has 0 fully saturated rings. The summed E-state index contributed by atoms with van der Waals surface area (Å²) in [6.45, 7) is 10.6. The maximum atomic E-state index is 8.62. The van der Waals surface area contributed by atoms with Crippen molar-refractivity contribution < 1.29 is 4.74 Å². The first kappa shape index (κ1) is 16.5. The lowest BCUT2D eigenvalue weighted by atomic mass is 9.87. The second-order valence-electron chi connectivity index (χ2n) is 6.35. The number of ether oxygens (including phenoxy) is 1. The summed E-state index contributed by atoms with van der Waals surface area (Å²) >= 11 is 0. The van der Waals surface area contributed by atoms with Crippen molar-refractivity contribution in [2.24, 2.45) is 5.41 Å². The van der Waals surface area contributed by atoms with Crippen LogP contribution in [-0.2, 0) is 6.42 Å². The number of likely N-dealkylation sites (N-methyl/N-ethyl adjacent to an activating group) is 1. The van der Waals surface area contributed by atoms with E-state index in [-0.39, 0.29) is 5.41 Å². The number of hydrogen-bond acceptors (Lipinski definition) is 3. The summed E-state index contributed by atoms with van der Waals surface area (Å²) in [5, 5.41) is 8.62. The van der Waals surface area contributed by atoms with E-state index in [1.165, 1.54) is 0 Å². The Balaban J connectivity index is 2.39. The third kappa shape index (κ3) is 5.22. The van der Waals surface area contributed by atoms with Gasteiger partial charge in [-0.15, -0.1) is 0 Å². The van der Waals surface area contributed by atoms with E-state index in [4.69, 9.17) is 10.00 Å². The Kier molecular flexibility index (Phi) is 6.04. The van der Waals surface area contributed by atoms with Gasteiger partial charge in [0.25, 0.3) is 0 Å². The summed E-state index contributed by atoms with van der Waals surface area (Å²) in [4.78, 5) is 2.32. The Morgan fingerprint density at radius 2 is 1.85 bits per heavy atom. The van der Waals surface area contributed by atoms with Gasteiger partial charge < -0.3 is 4.74 Å². The zero-order valence-electron chi connectivity index (χ0n) is 13.3. The van der Waals surface area contributed by atoms with Gasteiger partial charge in [0.05, 0.1) is 12.5 Å². The van der Waals surface area contributed by atoms with Crippen LogP contribution in [0.5, 0.6) is 5.75 Å². The van der Waals surface area contributed by atoms with Gasteiger partial charge in [0.2, 0.25) is 0 Å². The SMILES string of the molecule is CC(N(C)CCOc1ccc(CC#N)cc1)C(C)(C)C. The van der Waals surface area contributed by atoms with E-state index in [2.05, 4.69) is 45.7 Å². The molecule has 1 unspecified atom stereocenters. The minimum atomic E-state index is 0.272. The molecular formula is C17H26N2O. The maximum Gasteiger partial charge on any atom is 0.119 e. The van der Waals surface area contributed by atoms with Crippen molar-refractivity contribution in [3.8, 4) is 11.8 Å². The second kappa shape index (κ2) is 7.31. The summed E-state index contributed by atoms with van der Waals surface area (Å²) in [5.41, 5.74) is 1.30. The topological polar surface area (TPSA) is 36.3 Å². The van der Waals surface area contributed by atoms with Crippen LogP contribution >= 0.6 is 0 Å². The van der Waals surface area contributed by atoms with Crippen LogP contribution in [0, 0.1) is 16.7 Å². The van der Waals surface area contributed by atoms with Crippen molar-refractivity contribution in [2.75, 3.05) is 20.2 Å². The molecule has 1 aromatic carbocycles. The van der Waals surface area contributed by atoms with Crippen LogP contribution in [0.3, 0.4) is 0 Å². The fourth-order valence-corrected chi connectivity index (χ4v) is 1.96. The molecule has 110 valence electrons. The number of rotatable bonds is 6. The Labute approximate surface area is 123 Å². The molecule has 0 heterocycles. The van der Waals surface area contributed by atoms with Crippen LogP contribution in [0.4, 0.5) is 0 Å². The van der Waals surface area contributed by atoms with Crippen molar-refractivity contribution in [2.45, 2.75) is 40.2 Å². The number of nitrogens with zero attached hydrogens (tertiary/aromatic N) is 2. The van der Waals surface area contributed by atoms with Gasteiger partial charge >= 0.3 is 0 Å². The molecule has 3 heteroatoms. The van der Waals surface area contributed by atoms with Gasteiger partial charge in [-0.3, -0.25) is 4.90 Å². The smallest absolute Gasteiger partial charge is 0.119 e. The lowest BCUT2D eigenvalue weighted by Crippen LogP contribution is -2.41. The predicted molar refractivity (Wildman–Crippen MR) is 82.8 cm³/mol. The van der Waals surface area contributed by atoms with E-state index in [1.807, 2.05) is 24.3 Å². The molecule has 0 amide bonds. The number of hydrogen-bond donors (Lipinski definition) is 0. The first-order chi connectivity index (χ1) is 9.34. The van der Waals surface area contributed by atoms with Crippen LogP contribution in [0.1, 0.15) is 33.3 Å². The Bertz CT molecular complexity index is 440. The summed E-state index contributed by atoms with van der Waals surface area (Å²) in [7, 11) is 2.13. The highest BCUT2D eigenvalue weighted by Gasteiger charge is 2.23. The zero-order chi connectivity index (χ0) is 15.2. The van der Waals surface area contributed by atoms with E-state index in [1.54, 1.807) is 0 Å². The molecule has 0 bridgehead atoms. The van der Waals surface area contributed by atoms with Gasteiger partial charge in [-0.2, -0.15) is 5.26 Å². The van der Waals surface area contributed by atoms with Crippen LogP contribution in [0.2, 0.25) is 0 Å². The monoisotopic (exact) mass is 274 g/mol. The summed E-state index contributed by atoms with van der Waals surface area (Å²) in [6.07, 6.45) is 0.451. The van der Waals surface area contributed by atoms with Crippen LogP contribution in [-0.4, -0.2) is 31.1 Å². The van der Waals surface area contributed by atoms with Gasteiger partial charge in [-0.05, 0) is 37.1 Å². The van der Waals surface area contributed by atoms with E-state index >= 15 is 0 Å². The molecule has 1 rings (SSSR count). The van der Waals surface area contributed by atoms with E-state index < -0.39 is 0 Å². The average molecular weight is 274 g/mol. The molecule has 0 aliphatic rings. The van der Waals surface area contributed by atoms with Crippen molar-refractivity contribution in [1.29, 1.82) is 5.26 Å². The molecule has 0 spiro atoms. The van der Waals surface area contributed by atoms with Gasteiger partial charge in [0, 0.05) is 12.6 Å². The van der Waals surface area contributed by atoms with E-state index in [0.29, 0.717) is 19.1 Å². The largest absolute Gasteiger partial charge is 0.492 e. The van der Waals surface area contributed by atoms with Crippen LogP contribution < -0.4 is 4.74 Å². The summed E-state index contributed by atoms with van der Waals surface area (Å²) < 4.78 is 5.75. The molecule has 0 N–H and O–H groups in total. The van der Waals surface area contributed by atoms with E-state index in [9.17, 15) is 0 Å². The van der Waals surface area contributed by atoms with Crippen molar-refractivity contribution in [1.82, 2.24) is 4.90 Å². The van der Waals surface area contributed by atoms with Crippen molar-refractivity contribution in [3.05, 3.63) is 29.8 Å². The van der Waals surface area contributed by atoms with Gasteiger partial charge in [0.15, 0.2) is 0 Å². The zero-order valence-corrected chi connectivity index (χ0v) is 13.3. The third-order valence-electron chi connectivity index (χ3n) is 3.83. The molecular weight excluding hydrogens is 248 g/mol. The minimum Gasteiger partial charge on any atom is -0.492 e. The maximum absolute atomic E-state index is 8.62. The second-order valence-corrected chi connectivity index (χ2v) is 6.35. The highest BCUT2D eigenvalue weighted by atomic mass is 16.5. The van der Waals surface area contributed by atoms with E-state index in [0.717, 1.165) is 17.9 Å². The Morgan fingerprint density at radius 1 is 1.25 bits per heavy atom. The fraction of sp³-hybridized carbons (Fsp3) is 0.588. The van der Waals surface area contributed by atoms with Crippen molar-refractivity contribution in [3.63, 3.8) is 0 Å². The van der Waals surface area contributed by atoms with Crippen molar-refractivity contribution >= 4 is 0 Å². The molecule has 20 heavy (non-hydrogen) atoms. The summed E-state index contributed by atoms with van der Waals surface area (Å²) in [6, 6.07) is 10.4. The van der Waals surface area contributed by atoms with Crippen LogP contribution in [0.15, 0.2) is 24.3 Å². The first-order valence-electron chi connectivity index (χ1n) is 7.13. The standard InChI is InChI=1S/C17H26N2O/c1-14(17(2,3)4)19(5)12-13-20-16-8-6-15(7-9-16)10-11-18/h6-9,14H,10,12-13H2,1-5H3. The minimum absolute atomic E-state index is 0.272. The number of nitriles is 1. The molecule has 3 nitrogen and oxygen atoms in total. The third-order valence-corrected chi connectivity index (χ3v) is 3.83. The molecule has 0 aliphatic heterocycles. The molecule has 1 atom stereocenters. The molecule has 1 aromatic rings. The van der Waals surface area contributed by atoms with Gasteiger partial charge in [-0.25, -0.2) is 0 Å². The molecule has 0 radical (unpaired) electrons. The quantitative estimate of drug-likeness (QED) is 0.796. The average Bonchev–Trinajstić information content (AvgIpc) is 2.39. The Hall–Kier alpha value is -1.53. The number of benzene rings is 1. The van der Waals surface area contributed by atoms with Gasteiger partial charge in [-0.1, -0.05) is 32.9 Å². The normalized spacial score (nSPS) is 13.1. The lowest BCUT2D eigenvalue weighted by Gasteiger charge is -2.35. The molecule has 0 saturated heterocycles. The predicted octanol–water partition coefficient (Wildman–Crippen LogP) is 3.50. The summed E-state index contributed by atoms with van der Waals surface area (Å²) in [5.74, 6) is 0.864. The van der Waals surface area contributed by atoms with Crippen LogP contribution in [0.25, 0.3) is 0 Å². The fourth-order valence-electron chi connectivity index (χ4n) is 1.96. The first-order valence-corrected chi connectivity index (χ1v) is 7.13. The lowest BCUT2D eigenvalue weighted by molar-refractivity contribution is 0.121. The highest BCUT2D eigenvalue weighted by molar-refractivity contribution is 5.28. The van der Waals surface area contributed by atoms with Gasteiger partial charge in [0.1, 0.15) is 12.4 Å². The Morgan fingerprint density at radius 3 is 2.35 bits per heavy atom. The molecule has 0 aromatic heterocycles. The molecule has 0 aliphatic carbocycles. The highest BCUT2D eigenvalue weighted by Crippen LogP contribution is 2.22. The molecule has 0 saturated carbocycles.